The van der Waals surface area contributed by atoms with E-state index in [0.29, 0.717) is 6.61 Å². The lowest BCUT2D eigenvalue weighted by molar-refractivity contribution is 0.285. The summed E-state index contributed by atoms with van der Waals surface area (Å²) in [6.45, 7) is 0.291. The summed E-state index contributed by atoms with van der Waals surface area (Å²) < 4.78 is 0.851. The van der Waals surface area contributed by atoms with Crippen molar-refractivity contribution >= 4 is 22.9 Å². The quantitative estimate of drug-likeness (QED) is 0.724. The van der Waals surface area contributed by atoms with E-state index in [-0.39, 0.29) is 0 Å². The fourth-order valence-electron chi connectivity index (χ4n) is 0.897. The highest BCUT2D eigenvalue weighted by atomic mass is 35.5. The number of aryl methyl sites for hydroxylation is 1. The van der Waals surface area contributed by atoms with E-state index in [1.54, 1.807) is 11.3 Å². The van der Waals surface area contributed by atoms with Crippen molar-refractivity contribution in [2.24, 2.45) is 0 Å². The Balaban J connectivity index is 2.27. The van der Waals surface area contributed by atoms with Gasteiger partial charge in [-0.15, -0.1) is 11.3 Å². The van der Waals surface area contributed by atoms with Crippen LogP contribution in [0, 0.1) is 0 Å². The number of rotatable bonds is 4. The van der Waals surface area contributed by atoms with E-state index in [2.05, 4.69) is 0 Å². The molecule has 0 atom stereocenters. The average molecular weight is 191 g/mol. The molecule has 0 radical (unpaired) electrons. The molecule has 0 amide bonds. The van der Waals surface area contributed by atoms with Gasteiger partial charge in [-0.3, -0.25) is 0 Å². The lowest BCUT2D eigenvalue weighted by Crippen LogP contribution is -1.84. The van der Waals surface area contributed by atoms with Crippen molar-refractivity contribution in [3.05, 3.63) is 21.3 Å². The fourth-order valence-corrected chi connectivity index (χ4v) is 2.03. The molecule has 0 spiro atoms. The molecule has 1 aromatic rings. The molecule has 0 saturated carbocycles. The Bertz CT molecular complexity index is 210. The van der Waals surface area contributed by atoms with Gasteiger partial charge >= 0.3 is 0 Å². The monoisotopic (exact) mass is 190 g/mol. The topological polar surface area (TPSA) is 20.2 Å². The molecule has 1 rings (SSSR count). The fraction of sp³-hybridized carbons (Fsp3) is 0.500. The molecule has 0 fully saturated rings. The summed E-state index contributed by atoms with van der Waals surface area (Å²) in [5, 5.41) is 8.53. The number of hydrogen-bond donors (Lipinski definition) is 1. The molecular formula is C8H11ClOS. The van der Waals surface area contributed by atoms with E-state index in [0.717, 1.165) is 23.6 Å². The van der Waals surface area contributed by atoms with Crippen LogP contribution in [0.4, 0.5) is 0 Å². The summed E-state index contributed by atoms with van der Waals surface area (Å²) in [6, 6.07) is 3.96. The smallest absolute Gasteiger partial charge is 0.0931 e. The van der Waals surface area contributed by atoms with Crippen molar-refractivity contribution in [2.75, 3.05) is 6.61 Å². The Kier molecular flexibility index (Phi) is 3.91. The Morgan fingerprint density at radius 2 is 2.18 bits per heavy atom. The lowest BCUT2D eigenvalue weighted by Gasteiger charge is -1.93. The van der Waals surface area contributed by atoms with Crippen molar-refractivity contribution < 1.29 is 5.11 Å². The van der Waals surface area contributed by atoms with Crippen LogP contribution in [0.5, 0.6) is 0 Å². The second-order valence-electron chi connectivity index (χ2n) is 2.39. The summed E-state index contributed by atoms with van der Waals surface area (Å²) in [4.78, 5) is 1.31. The lowest BCUT2D eigenvalue weighted by atomic mass is 10.2. The molecular weight excluding hydrogens is 180 g/mol. The zero-order valence-electron chi connectivity index (χ0n) is 6.22. The highest BCUT2D eigenvalue weighted by Crippen LogP contribution is 2.22. The first-order chi connectivity index (χ1) is 5.33. The number of unbranched alkanes of at least 4 members (excludes halogenated alkanes) is 1. The molecule has 1 N–H and O–H groups in total. The van der Waals surface area contributed by atoms with Crippen LogP contribution in [-0.4, -0.2) is 11.7 Å². The van der Waals surface area contributed by atoms with Crippen molar-refractivity contribution in [1.82, 2.24) is 0 Å². The number of aliphatic hydroxyl groups excluding tert-OH is 1. The SMILES string of the molecule is OCCCCc1ccc(Cl)s1. The van der Waals surface area contributed by atoms with Crippen LogP contribution in [0.25, 0.3) is 0 Å². The van der Waals surface area contributed by atoms with Crippen LogP contribution >= 0.6 is 22.9 Å². The van der Waals surface area contributed by atoms with Gasteiger partial charge in [0.05, 0.1) is 4.34 Å². The van der Waals surface area contributed by atoms with Gasteiger partial charge in [0.15, 0.2) is 0 Å². The molecule has 0 bridgehead atoms. The van der Waals surface area contributed by atoms with Crippen LogP contribution in [0.1, 0.15) is 17.7 Å². The summed E-state index contributed by atoms with van der Waals surface area (Å²) in [5.41, 5.74) is 0. The molecule has 0 saturated heterocycles. The third kappa shape index (κ3) is 3.23. The molecule has 0 unspecified atom stereocenters. The molecule has 0 aliphatic heterocycles. The third-order valence-corrected chi connectivity index (χ3v) is 2.75. The number of halogens is 1. The van der Waals surface area contributed by atoms with Crippen LogP contribution in [0.2, 0.25) is 4.34 Å². The maximum absolute atomic E-state index is 8.53. The van der Waals surface area contributed by atoms with Gasteiger partial charge < -0.3 is 5.11 Å². The predicted molar refractivity (Wildman–Crippen MR) is 49.4 cm³/mol. The van der Waals surface area contributed by atoms with Gasteiger partial charge in [-0.25, -0.2) is 0 Å². The minimum absolute atomic E-state index is 0.291. The molecule has 0 aliphatic rings. The van der Waals surface area contributed by atoms with Crippen molar-refractivity contribution in [3.8, 4) is 0 Å². The first kappa shape index (κ1) is 9.04. The van der Waals surface area contributed by atoms with Crippen molar-refractivity contribution in [2.45, 2.75) is 19.3 Å². The van der Waals surface area contributed by atoms with Gasteiger partial charge in [-0.2, -0.15) is 0 Å². The molecule has 0 aromatic carbocycles. The minimum Gasteiger partial charge on any atom is -0.396 e. The first-order valence-corrected chi connectivity index (χ1v) is 4.87. The molecule has 0 aliphatic carbocycles. The molecule has 1 aromatic heterocycles. The number of aliphatic hydroxyl groups is 1. The van der Waals surface area contributed by atoms with E-state index in [1.165, 1.54) is 4.88 Å². The Morgan fingerprint density at radius 1 is 1.36 bits per heavy atom. The first-order valence-electron chi connectivity index (χ1n) is 3.68. The van der Waals surface area contributed by atoms with Crippen LogP contribution < -0.4 is 0 Å². The summed E-state index contributed by atoms with van der Waals surface area (Å²) in [5.74, 6) is 0. The van der Waals surface area contributed by atoms with Gasteiger partial charge in [-0.1, -0.05) is 11.6 Å². The second-order valence-corrected chi connectivity index (χ2v) is 4.19. The van der Waals surface area contributed by atoms with Gasteiger partial charge in [0, 0.05) is 11.5 Å². The van der Waals surface area contributed by atoms with E-state index in [9.17, 15) is 0 Å². The van der Waals surface area contributed by atoms with E-state index < -0.39 is 0 Å². The van der Waals surface area contributed by atoms with E-state index >= 15 is 0 Å². The van der Waals surface area contributed by atoms with Crippen LogP contribution in [0.15, 0.2) is 12.1 Å². The highest BCUT2D eigenvalue weighted by molar-refractivity contribution is 7.16. The van der Waals surface area contributed by atoms with Gasteiger partial charge in [0.25, 0.3) is 0 Å². The molecule has 3 heteroatoms. The average Bonchev–Trinajstić information content (AvgIpc) is 2.37. The third-order valence-electron chi connectivity index (χ3n) is 1.46. The maximum Gasteiger partial charge on any atom is 0.0931 e. The summed E-state index contributed by atoms with van der Waals surface area (Å²) >= 11 is 7.36. The summed E-state index contributed by atoms with van der Waals surface area (Å²) in [7, 11) is 0. The van der Waals surface area contributed by atoms with Gasteiger partial charge in [-0.05, 0) is 31.4 Å². The van der Waals surface area contributed by atoms with Gasteiger partial charge in [0.1, 0.15) is 0 Å². The van der Waals surface area contributed by atoms with E-state index in [4.69, 9.17) is 16.7 Å². The molecule has 1 heterocycles. The largest absolute Gasteiger partial charge is 0.396 e. The second kappa shape index (κ2) is 4.75. The normalized spacial score (nSPS) is 10.4. The Labute approximate surface area is 75.6 Å². The predicted octanol–water partition coefficient (Wildman–Crippen LogP) is 2.72. The van der Waals surface area contributed by atoms with Crippen LogP contribution in [0.3, 0.4) is 0 Å². The Hall–Kier alpha value is -0.0500. The minimum atomic E-state index is 0.291. The summed E-state index contributed by atoms with van der Waals surface area (Å²) in [6.07, 6.45) is 2.97. The number of thiophene rings is 1. The van der Waals surface area contributed by atoms with Crippen LogP contribution in [-0.2, 0) is 6.42 Å². The van der Waals surface area contributed by atoms with Gasteiger partial charge in [0.2, 0.25) is 0 Å². The zero-order chi connectivity index (χ0) is 8.10. The standard InChI is InChI=1S/C8H11ClOS/c9-8-5-4-7(11-8)3-1-2-6-10/h4-5,10H,1-3,6H2. The molecule has 11 heavy (non-hydrogen) atoms. The highest BCUT2D eigenvalue weighted by Gasteiger charge is 1.96. The molecule has 1 nitrogen and oxygen atoms in total. The Morgan fingerprint density at radius 3 is 2.73 bits per heavy atom. The number of hydrogen-bond acceptors (Lipinski definition) is 2. The van der Waals surface area contributed by atoms with Crippen molar-refractivity contribution in [3.63, 3.8) is 0 Å². The van der Waals surface area contributed by atoms with E-state index in [1.807, 2.05) is 12.1 Å². The van der Waals surface area contributed by atoms with Crippen molar-refractivity contribution in [1.29, 1.82) is 0 Å². The molecule has 62 valence electrons. The maximum atomic E-state index is 8.53. The zero-order valence-corrected chi connectivity index (χ0v) is 7.79.